The Morgan fingerprint density at radius 2 is 2.10 bits per heavy atom. The van der Waals surface area contributed by atoms with Gasteiger partial charge in [0.25, 0.3) is 0 Å². The number of hydrogen-bond acceptors (Lipinski definition) is 3. The van der Waals surface area contributed by atoms with Gasteiger partial charge in [0.2, 0.25) is 0 Å². The van der Waals surface area contributed by atoms with Crippen molar-refractivity contribution in [2.75, 3.05) is 39.0 Å². The van der Waals surface area contributed by atoms with Crippen LogP contribution in [0.5, 0.6) is 0 Å². The van der Waals surface area contributed by atoms with Crippen molar-refractivity contribution < 1.29 is 0 Å². The number of piperidine rings is 1. The molecule has 0 radical (unpaired) electrons. The molecule has 1 saturated heterocycles. The minimum atomic E-state index is 0. The first-order chi connectivity index (χ1) is 9.38. The third kappa shape index (κ3) is 6.49. The molecule has 2 nitrogen and oxygen atoms in total. The summed E-state index contributed by atoms with van der Waals surface area (Å²) in [4.78, 5) is 2.64. The molecule has 0 bridgehead atoms. The van der Waals surface area contributed by atoms with Crippen LogP contribution in [0.1, 0.15) is 18.4 Å². The highest BCUT2D eigenvalue weighted by molar-refractivity contribution is 7.98. The first-order valence-corrected chi connectivity index (χ1v) is 8.52. The Morgan fingerprint density at radius 3 is 2.85 bits per heavy atom. The van der Waals surface area contributed by atoms with Crippen LogP contribution in [0.4, 0.5) is 0 Å². The Morgan fingerprint density at radius 1 is 1.30 bits per heavy atom. The van der Waals surface area contributed by atoms with E-state index in [0.29, 0.717) is 0 Å². The Hall–Kier alpha value is -0.220. The summed E-state index contributed by atoms with van der Waals surface area (Å²) in [6.07, 6.45) is 2.77. The van der Waals surface area contributed by atoms with Crippen LogP contribution in [0.25, 0.3) is 0 Å². The highest BCUT2D eigenvalue weighted by Gasteiger charge is 2.18. The van der Waals surface area contributed by atoms with E-state index in [0.717, 1.165) is 11.7 Å². The van der Waals surface area contributed by atoms with Crippen LogP contribution in [0.15, 0.2) is 30.3 Å². The molecule has 4 heteroatoms. The van der Waals surface area contributed by atoms with Crippen LogP contribution < -0.4 is 5.32 Å². The van der Waals surface area contributed by atoms with Gasteiger partial charge >= 0.3 is 0 Å². The molecular weight excluding hydrogens is 288 g/mol. The largest absolute Gasteiger partial charge is 0.319 e. The molecule has 114 valence electrons. The van der Waals surface area contributed by atoms with Gasteiger partial charge in [0.1, 0.15) is 0 Å². The normalized spacial score (nSPS) is 19.6. The number of rotatable bonds is 7. The fourth-order valence-electron chi connectivity index (χ4n) is 2.77. The monoisotopic (exact) mass is 314 g/mol. The average molecular weight is 315 g/mol. The third-order valence-corrected chi connectivity index (χ3v) is 4.77. The Kier molecular flexibility index (Phi) is 9.36. The fraction of sp³-hybridized carbons (Fsp3) is 0.625. The number of benzene rings is 1. The van der Waals surface area contributed by atoms with Crippen molar-refractivity contribution in [3.05, 3.63) is 35.9 Å². The first-order valence-electron chi connectivity index (χ1n) is 7.37. The molecule has 0 spiro atoms. The summed E-state index contributed by atoms with van der Waals surface area (Å²) in [6, 6.07) is 10.8. The van der Waals surface area contributed by atoms with Gasteiger partial charge in [-0.05, 0) is 44.5 Å². The fourth-order valence-corrected chi connectivity index (χ4v) is 3.73. The number of likely N-dealkylation sites (tertiary alicyclic amines) is 1. The third-order valence-electron chi connectivity index (χ3n) is 3.76. The van der Waals surface area contributed by atoms with Gasteiger partial charge in [-0.25, -0.2) is 0 Å². The minimum absolute atomic E-state index is 0. The van der Waals surface area contributed by atoms with Crippen LogP contribution in [0.3, 0.4) is 0 Å². The highest BCUT2D eigenvalue weighted by atomic mass is 35.5. The van der Waals surface area contributed by atoms with Gasteiger partial charge in [0.15, 0.2) is 0 Å². The zero-order valence-electron chi connectivity index (χ0n) is 12.4. The van der Waals surface area contributed by atoms with E-state index >= 15 is 0 Å². The van der Waals surface area contributed by atoms with E-state index in [1.807, 2.05) is 0 Å². The number of thioether (sulfide) groups is 1. The number of nitrogens with zero attached hydrogens (tertiary/aromatic N) is 1. The summed E-state index contributed by atoms with van der Waals surface area (Å²) in [7, 11) is 2.06. The second-order valence-electron chi connectivity index (χ2n) is 5.40. The molecular formula is C16H27ClN2S. The molecule has 1 unspecified atom stereocenters. The zero-order chi connectivity index (χ0) is 13.3. The summed E-state index contributed by atoms with van der Waals surface area (Å²) in [5.41, 5.74) is 1.44. The molecule has 1 aliphatic rings. The van der Waals surface area contributed by atoms with E-state index in [2.05, 4.69) is 59.4 Å². The van der Waals surface area contributed by atoms with Crippen LogP contribution in [0.2, 0.25) is 0 Å². The standard InChI is InChI=1S/C16H26N2S.ClH/c1-17-12-16-8-5-9-18(13-16)10-11-19-14-15-6-3-2-4-7-15;/h2-4,6-7,16-17H,5,8-14H2,1H3;1H. The molecule has 0 aliphatic carbocycles. The summed E-state index contributed by atoms with van der Waals surface area (Å²) in [6.45, 7) is 5.00. The molecule has 1 aromatic carbocycles. The van der Waals surface area contributed by atoms with Gasteiger partial charge in [-0.1, -0.05) is 30.3 Å². The van der Waals surface area contributed by atoms with Crippen LogP contribution >= 0.6 is 24.2 Å². The molecule has 0 aromatic heterocycles. The topological polar surface area (TPSA) is 15.3 Å². The molecule has 0 amide bonds. The Balaban J connectivity index is 0.00000200. The van der Waals surface area contributed by atoms with Crippen molar-refractivity contribution >= 4 is 24.2 Å². The van der Waals surface area contributed by atoms with E-state index in [4.69, 9.17) is 0 Å². The molecule has 1 atom stereocenters. The predicted octanol–water partition coefficient (Wildman–Crippen LogP) is 3.27. The number of hydrogen-bond donors (Lipinski definition) is 1. The molecule has 0 saturated carbocycles. The molecule has 1 fully saturated rings. The minimum Gasteiger partial charge on any atom is -0.319 e. The highest BCUT2D eigenvalue weighted by Crippen LogP contribution is 2.17. The van der Waals surface area contributed by atoms with Gasteiger partial charge in [0.05, 0.1) is 0 Å². The van der Waals surface area contributed by atoms with Crippen molar-refractivity contribution in [1.82, 2.24) is 10.2 Å². The zero-order valence-corrected chi connectivity index (χ0v) is 14.0. The number of nitrogens with one attached hydrogen (secondary N) is 1. The maximum absolute atomic E-state index is 3.31. The lowest BCUT2D eigenvalue weighted by molar-refractivity contribution is 0.183. The Bertz CT molecular complexity index is 346. The lowest BCUT2D eigenvalue weighted by Crippen LogP contribution is -2.40. The molecule has 1 heterocycles. The smallest absolute Gasteiger partial charge is 0.0185 e. The van der Waals surface area contributed by atoms with Gasteiger partial charge in [-0.3, -0.25) is 0 Å². The van der Waals surface area contributed by atoms with Gasteiger partial charge in [0, 0.05) is 24.6 Å². The molecule has 1 aromatic rings. The van der Waals surface area contributed by atoms with E-state index in [-0.39, 0.29) is 12.4 Å². The van der Waals surface area contributed by atoms with Crippen LogP contribution in [-0.2, 0) is 5.75 Å². The van der Waals surface area contributed by atoms with E-state index in [1.54, 1.807) is 0 Å². The number of halogens is 1. The summed E-state index contributed by atoms with van der Waals surface area (Å²) >= 11 is 2.06. The maximum atomic E-state index is 3.31. The Labute approximate surface area is 134 Å². The van der Waals surface area contributed by atoms with Crippen molar-refractivity contribution in [3.8, 4) is 0 Å². The SMILES string of the molecule is CNCC1CCCN(CCSCc2ccccc2)C1.Cl. The van der Waals surface area contributed by atoms with E-state index < -0.39 is 0 Å². The maximum Gasteiger partial charge on any atom is 0.0185 e. The molecule has 20 heavy (non-hydrogen) atoms. The van der Waals surface area contributed by atoms with E-state index in [9.17, 15) is 0 Å². The second kappa shape index (κ2) is 10.5. The van der Waals surface area contributed by atoms with Crippen molar-refractivity contribution in [3.63, 3.8) is 0 Å². The lowest BCUT2D eigenvalue weighted by Gasteiger charge is -2.32. The average Bonchev–Trinajstić information content (AvgIpc) is 2.46. The van der Waals surface area contributed by atoms with Crippen LogP contribution in [0, 0.1) is 5.92 Å². The second-order valence-corrected chi connectivity index (χ2v) is 6.51. The summed E-state index contributed by atoms with van der Waals surface area (Å²) < 4.78 is 0. The quantitative estimate of drug-likeness (QED) is 0.778. The van der Waals surface area contributed by atoms with Crippen molar-refractivity contribution in [2.24, 2.45) is 5.92 Å². The summed E-state index contributed by atoms with van der Waals surface area (Å²) in [5, 5.41) is 3.31. The summed E-state index contributed by atoms with van der Waals surface area (Å²) in [5.74, 6) is 3.26. The van der Waals surface area contributed by atoms with Gasteiger partial charge < -0.3 is 10.2 Å². The van der Waals surface area contributed by atoms with Gasteiger partial charge in [-0.15, -0.1) is 12.4 Å². The van der Waals surface area contributed by atoms with Crippen molar-refractivity contribution in [2.45, 2.75) is 18.6 Å². The molecule has 2 rings (SSSR count). The van der Waals surface area contributed by atoms with E-state index in [1.165, 1.54) is 50.3 Å². The predicted molar refractivity (Wildman–Crippen MR) is 92.9 cm³/mol. The lowest BCUT2D eigenvalue weighted by atomic mass is 9.98. The molecule has 1 N–H and O–H groups in total. The van der Waals surface area contributed by atoms with Crippen molar-refractivity contribution in [1.29, 1.82) is 0 Å². The first kappa shape index (κ1) is 17.8. The van der Waals surface area contributed by atoms with Gasteiger partial charge in [-0.2, -0.15) is 11.8 Å². The molecule has 1 aliphatic heterocycles. The van der Waals surface area contributed by atoms with Crippen LogP contribution in [-0.4, -0.2) is 43.9 Å².